The number of rotatable bonds is 4. The summed E-state index contributed by atoms with van der Waals surface area (Å²) in [5, 5.41) is 2.81. The zero-order valence-corrected chi connectivity index (χ0v) is 16.6. The molecule has 1 unspecified atom stereocenters. The lowest BCUT2D eigenvalue weighted by Gasteiger charge is -2.13. The summed E-state index contributed by atoms with van der Waals surface area (Å²) in [4.78, 5) is 42.9. The van der Waals surface area contributed by atoms with E-state index < -0.39 is 23.8 Å². The number of para-hydroxylation sites is 1. The van der Waals surface area contributed by atoms with Gasteiger partial charge in [0, 0.05) is 13.0 Å². The fourth-order valence-electron chi connectivity index (χ4n) is 3.33. The molecule has 1 N–H and O–H groups in total. The van der Waals surface area contributed by atoms with Crippen LogP contribution < -0.4 is 10.9 Å². The number of carbonyl (C=O) groups is 2. The van der Waals surface area contributed by atoms with Crippen LogP contribution in [0.5, 0.6) is 0 Å². The van der Waals surface area contributed by atoms with Gasteiger partial charge < -0.3 is 10.1 Å². The fraction of sp³-hybridized carbons (Fsp3) is 0.300. The van der Waals surface area contributed by atoms with Gasteiger partial charge in [-0.15, -0.1) is 11.3 Å². The van der Waals surface area contributed by atoms with Crippen LogP contribution in [0.2, 0.25) is 0 Å². The second kappa shape index (κ2) is 7.40. The Bertz CT molecular complexity index is 1200. The first-order valence-corrected chi connectivity index (χ1v) is 9.97. The van der Waals surface area contributed by atoms with E-state index in [0.29, 0.717) is 22.3 Å². The number of aryl methyl sites for hydroxylation is 2. The highest BCUT2D eigenvalue weighted by atomic mass is 32.1. The van der Waals surface area contributed by atoms with E-state index >= 15 is 0 Å². The van der Waals surface area contributed by atoms with Gasteiger partial charge in [-0.05, 0) is 38.0 Å². The van der Waals surface area contributed by atoms with Crippen LogP contribution in [-0.2, 0) is 22.5 Å². The van der Waals surface area contributed by atoms with E-state index in [1.54, 1.807) is 17.6 Å². The average molecular weight is 415 g/mol. The number of aromatic nitrogens is 2. The first-order valence-electron chi connectivity index (χ1n) is 9.16. The molecule has 1 atom stereocenters. The van der Waals surface area contributed by atoms with Crippen molar-refractivity contribution in [1.82, 2.24) is 9.55 Å². The standard InChI is InChI=1S/C20H18FN3O4S/c1-10-15-18(23-14-8-5-9-24(14)19(15)26)29-16(10)20(27)28-11(2)17(25)22-13-7-4-3-6-12(13)21/h3-4,6-7,11H,5,8-9H2,1-2H3,(H,22,25). The van der Waals surface area contributed by atoms with E-state index in [2.05, 4.69) is 10.3 Å². The number of nitrogens with one attached hydrogen (secondary N) is 1. The Balaban J connectivity index is 1.55. The van der Waals surface area contributed by atoms with Crippen molar-refractivity contribution < 1.29 is 18.7 Å². The van der Waals surface area contributed by atoms with Crippen LogP contribution in [0, 0.1) is 12.7 Å². The summed E-state index contributed by atoms with van der Waals surface area (Å²) in [6.45, 7) is 3.70. The molecule has 0 saturated heterocycles. The number of amides is 1. The van der Waals surface area contributed by atoms with Crippen LogP contribution in [0.15, 0.2) is 29.1 Å². The molecule has 0 saturated carbocycles. The molecule has 0 spiro atoms. The van der Waals surface area contributed by atoms with Gasteiger partial charge in [0.05, 0.1) is 11.1 Å². The van der Waals surface area contributed by atoms with E-state index in [-0.39, 0.29) is 16.1 Å². The van der Waals surface area contributed by atoms with Gasteiger partial charge >= 0.3 is 5.97 Å². The van der Waals surface area contributed by atoms with Crippen molar-refractivity contribution in [3.05, 3.63) is 56.7 Å². The Hall–Kier alpha value is -3.07. The lowest BCUT2D eigenvalue weighted by molar-refractivity contribution is -0.123. The molecular formula is C20H18FN3O4S. The van der Waals surface area contributed by atoms with Crippen LogP contribution in [0.3, 0.4) is 0 Å². The van der Waals surface area contributed by atoms with Crippen molar-refractivity contribution in [1.29, 1.82) is 0 Å². The van der Waals surface area contributed by atoms with Crippen LogP contribution in [0.4, 0.5) is 10.1 Å². The number of nitrogens with zero attached hydrogens (tertiary/aromatic N) is 2. The molecule has 1 amide bonds. The Labute approximate surface area is 169 Å². The number of carbonyl (C=O) groups excluding carboxylic acids is 2. The molecule has 1 aromatic carbocycles. The molecule has 150 valence electrons. The summed E-state index contributed by atoms with van der Waals surface area (Å²) in [5.74, 6) is -1.23. The fourth-order valence-corrected chi connectivity index (χ4v) is 4.41. The molecule has 9 heteroatoms. The summed E-state index contributed by atoms with van der Waals surface area (Å²) in [5.41, 5.74) is 0.349. The highest BCUT2D eigenvalue weighted by Crippen LogP contribution is 2.29. The van der Waals surface area contributed by atoms with Gasteiger partial charge in [0.15, 0.2) is 6.10 Å². The minimum absolute atomic E-state index is 0.00480. The predicted molar refractivity (Wildman–Crippen MR) is 107 cm³/mol. The number of thiophene rings is 1. The molecule has 1 aliphatic heterocycles. The number of ether oxygens (including phenoxy) is 1. The maximum atomic E-state index is 13.7. The summed E-state index contributed by atoms with van der Waals surface area (Å²) >= 11 is 1.08. The summed E-state index contributed by atoms with van der Waals surface area (Å²) in [6, 6.07) is 5.72. The average Bonchev–Trinajstić information content (AvgIpc) is 3.28. The number of halogens is 1. The van der Waals surface area contributed by atoms with E-state index in [0.717, 1.165) is 30.0 Å². The third kappa shape index (κ3) is 3.42. The second-order valence-corrected chi connectivity index (χ2v) is 7.84. The summed E-state index contributed by atoms with van der Waals surface area (Å²) in [6.07, 6.45) is 0.461. The summed E-state index contributed by atoms with van der Waals surface area (Å²) in [7, 11) is 0. The molecule has 3 aromatic rings. The molecule has 0 bridgehead atoms. The Kier molecular flexibility index (Phi) is 4.91. The second-order valence-electron chi connectivity index (χ2n) is 6.84. The van der Waals surface area contributed by atoms with Crippen molar-refractivity contribution in [3.8, 4) is 0 Å². The molecule has 0 aliphatic carbocycles. The number of benzene rings is 1. The number of anilines is 1. The van der Waals surface area contributed by atoms with Gasteiger partial charge in [-0.1, -0.05) is 12.1 Å². The smallest absolute Gasteiger partial charge is 0.349 e. The number of esters is 1. The molecular weight excluding hydrogens is 397 g/mol. The molecule has 4 rings (SSSR count). The van der Waals surface area contributed by atoms with Gasteiger partial charge in [0.25, 0.3) is 11.5 Å². The lowest BCUT2D eigenvalue weighted by Crippen LogP contribution is -2.30. The van der Waals surface area contributed by atoms with Gasteiger partial charge in [0.1, 0.15) is 21.3 Å². The third-order valence-corrected chi connectivity index (χ3v) is 6.05. The molecule has 7 nitrogen and oxygen atoms in total. The topological polar surface area (TPSA) is 90.3 Å². The minimum Gasteiger partial charge on any atom is -0.448 e. The Morgan fingerprint density at radius 2 is 2.10 bits per heavy atom. The van der Waals surface area contributed by atoms with Crippen LogP contribution in [-0.4, -0.2) is 27.5 Å². The Morgan fingerprint density at radius 3 is 2.86 bits per heavy atom. The van der Waals surface area contributed by atoms with E-state index in [1.165, 1.54) is 25.1 Å². The third-order valence-electron chi connectivity index (χ3n) is 4.88. The first-order chi connectivity index (χ1) is 13.9. The minimum atomic E-state index is -1.15. The maximum Gasteiger partial charge on any atom is 0.349 e. The van der Waals surface area contributed by atoms with Gasteiger partial charge in [0.2, 0.25) is 0 Å². The predicted octanol–water partition coefficient (Wildman–Crippen LogP) is 3.04. The van der Waals surface area contributed by atoms with Gasteiger partial charge in [-0.25, -0.2) is 14.2 Å². The van der Waals surface area contributed by atoms with Crippen molar-refractivity contribution in [2.24, 2.45) is 0 Å². The largest absolute Gasteiger partial charge is 0.448 e. The highest BCUT2D eigenvalue weighted by molar-refractivity contribution is 7.20. The number of fused-ring (bicyclic) bond motifs is 2. The lowest BCUT2D eigenvalue weighted by atomic mass is 10.2. The van der Waals surface area contributed by atoms with Gasteiger partial charge in [-0.3, -0.25) is 14.2 Å². The van der Waals surface area contributed by atoms with E-state index in [9.17, 15) is 18.8 Å². The van der Waals surface area contributed by atoms with Crippen molar-refractivity contribution in [3.63, 3.8) is 0 Å². The first kappa shape index (κ1) is 19.3. The van der Waals surface area contributed by atoms with E-state index in [4.69, 9.17) is 4.74 Å². The molecule has 29 heavy (non-hydrogen) atoms. The van der Waals surface area contributed by atoms with Crippen molar-refractivity contribution in [2.75, 3.05) is 5.32 Å². The van der Waals surface area contributed by atoms with Crippen molar-refractivity contribution >= 4 is 39.1 Å². The summed E-state index contributed by atoms with van der Waals surface area (Å²) < 4.78 is 20.6. The molecule has 2 aromatic heterocycles. The normalized spacial score (nSPS) is 13.9. The SMILES string of the molecule is Cc1c(C(=O)OC(C)C(=O)Nc2ccccc2F)sc2nc3n(c(=O)c12)CCC3. The molecule has 1 aliphatic rings. The monoisotopic (exact) mass is 415 g/mol. The van der Waals surface area contributed by atoms with Crippen molar-refractivity contribution in [2.45, 2.75) is 39.3 Å². The molecule has 3 heterocycles. The van der Waals surface area contributed by atoms with Crippen LogP contribution >= 0.6 is 11.3 Å². The molecule has 0 fully saturated rings. The zero-order valence-electron chi connectivity index (χ0n) is 15.8. The number of hydrogen-bond acceptors (Lipinski definition) is 6. The highest BCUT2D eigenvalue weighted by Gasteiger charge is 2.26. The maximum absolute atomic E-state index is 13.7. The quantitative estimate of drug-likeness (QED) is 0.662. The molecule has 0 radical (unpaired) electrons. The van der Waals surface area contributed by atoms with Crippen LogP contribution in [0.25, 0.3) is 10.2 Å². The van der Waals surface area contributed by atoms with Gasteiger partial charge in [-0.2, -0.15) is 0 Å². The Morgan fingerprint density at radius 1 is 1.34 bits per heavy atom. The zero-order chi connectivity index (χ0) is 20.7. The number of hydrogen-bond donors (Lipinski definition) is 1. The van der Waals surface area contributed by atoms with Crippen LogP contribution in [0.1, 0.15) is 34.4 Å². The van der Waals surface area contributed by atoms with E-state index in [1.807, 2.05) is 0 Å².